The molecule has 0 amide bonds. The van der Waals surface area contributed by atoms with Gasteiger partial charge in [0.15, 0.2) is 0 Å². The molecule has 0 aromatic rings. The first-order chi connectivity index (χ1) is 45.3. The van der Waals surface area contributed by atoms with E-state index in [1.54, 1.807) is 41.9 Å². The molecule has 0 bridgehead atoms. The molecule has 0 aliphatic carbocycles. The fraction of sp³-hybridized carbons (Fsp3) is 0.889. The van der Waals surface area contributed by atoms with Crippen molar-refractivity contribution in [1.29, 1.82) is 0 Å². The van der Waals surface area contributed by atoms with Crippen molar-refractivity contribution in [3.63, 3.8) is 0 Å². The van der Waals surface area contributed by atoms with Crippen LogP contribution in [0.25, 0.3) is 0 Å². The van der Waals surface area contributed by atoms with E-state index in [2.05, 4.69) is 65.7 Å². The third-order valence-electron chi connectivity index (χ3n) is 19.2. The third kappa shape index (κ3) is 77.6. The van der Waals surface area contributed by atoms with Gasteiger partial charge >= 0.3 is 0 Å². The Bertz CT molecular complexity index is 2310. The first kappa shape index (κ1) is 160. The fourth-order valence-corrected chi connectivity index (χ4v) is 9.51. The van der Waals surface area contributed by atoms with E-state index < -0.39 is 50.4 Å². The first-order valence-electron chi connectivity index (χ1n) is 38.3. The van der Waals surface area contributed by atoms with Crippen LogP contribution in [-0.2, 0) is 0 Å². The van der Waals surface area contributed by atoms with E-state index in [9.17, 15) is 46.0 Å². The minimum Gasteiger partial charge on any atom is -0.384 e. The maximum atomic E-state index is 10.2. The average molecular weight is 2900 g/mol. The molecule has 0 aliphatic rings. The van der Waals surface area contributed by atoms with E-state index in [0.29, 0.717) is 0 Å². The van der Waals surface area contributed by atoms with E-state index >= 15 is 0 Å². The quantitative estimate of drug-likeness (QED) is 0.0223. The van der Waals surface area contributed by atoms with Crippen LogP contribution in [0.2, 0.25) is 0 Å². The smallest absolute Gasteiger partial charge is 0.102 e. The second-order valence-corrected chi connectivity index (χ2v) is 27.5. The summed E-state index contributed by atoms with van der Waals surface area (Å²) in [6.45, 7) is 72.7. The summed E-state index contributed by atoms with van der Waals surface area (Å²) in [5, 5.41) is 88.7. The number of aliphatic imine (C=N–C) groups is 9. The Hall–Kier alpha value is 8.01. The summed E-state index contributed by atoms with van der Waals surface area (Å²) in [7, 11) is 5.14. The second-order valence-electron chi connectivity index (χ2n) is 27.5. The largest absolute Gasteiger partial charge is 0.384 e. The summed E-state index contributed by atoms with van der Waals surface area (Å²) in [6.07, 6.45) is 14.3. The molecule has 0 aliphatic heterocycles. The van der Waals surface area contributed by atoms with Gasteiger partial charge in [-0.25, -0.2) is 0 Å². The van der Waals surface area contributed by atoms with Crippen molar-refractivity contribution >= 4 is 51.4 Å². The van der Waals surface area contributed by atoms with Crippen LogP contribution in [0.15, 0.2) is 44.9 Å². The van der Waals surface area contributed by atoms with Crippen molar-refractivity contribution < 1.29 is 386 Å². The Kier molecular flexibility index (Phi) is 135. The van der Waals surface area contributed by atoms with Gasteiger partial charge in [-0.05, 0) is 242 Å². The fourth-order valence-electron chi connectivity index (χ4n) is 9.51. The summed E-state index contributed by atoms with van der Waals surface area (Å²) in [5.41, 5.74) is 1.56. The maximum Gasteiger partial charge on any atom is 0.102 e. The number of rotatable bonds is 33. The predicted molar refractivity (Wildman–Crippen MR) is 443 cm³/mol. The summed E-state index contributed by atoms with van der Waals surface area (Å²) in [6, 6.07) is 0.817. The zero-order valence-electron chi connectivity index (χ0n) is 75.3. The minimum absolute atomic E-state index is 0. The van der Waals surface area contributed by atoms with Crippen molar-refractivity contribution in [2.45, 2.75) is 433 Å². The zero-order valence-corrected chi connectivity index (χ0v) is 92.8. The Morgan fingerprint density at radius 1 is 0.231 bits per heavy atom. The van der Waals surface area contributed by atoms with Crippen molar-refractivity contribution in [3.05, 3.63) is 0 Å². The van der Waals surface area contributed by atoms with Gasteiger partial charge in [-0.1, -0.05) is 123 Å². The van der Waals surface area contributed by atoms with Gasteiger partial charge in [-0.2, -0.15) is 0 Å². The molecule has 0 heterocycles. The van der Waals surface area contributed by atoms with Crippen LogP contribution in [0.4, 0.5) is 0 Å². The van der Waals surface area contributed by atoms with Gasteiger partial charge in [0.2, 0.25) is 0 Å². The molecule has 18 nitrogen and oxygen atoms in total. The molecule has 0 rings (SSSR count). The Morgan fingerprint density at radius 3 is 0.593 bits per heavy atom. The molecule has 9 radical (unpaired) electrons. The molecule has 9 N–H and O–H groups in total. The van der Waals surface area contributed by atoms with Crippen LogP contribution in [0.1, 0.15) is 365 Å². The van der Waals surface area contributed by atoms with Gasteiger partial charge in [0.25, 0.3) is 0 Å². The average Bonchev–Trinajstić information content (AvgIpc) is 0.885. The molecule has 0 aromatic carbocycles. The topological polar surface area (TPSA) is 293 Å². The SMILES string of the molecule is CCC(C)(O)C(C)=NC.CCC(C)(O)C(C)=NC(C)C.CCC(O)(CC)C(C)=NC.CCC(O)(CC)C(C)=NC(C)C.CCCC(O)(CC)C(C)=NC.CCCC(O)(CC)C(C)=NC(C)C.CCCC(O)(CC)C(C)=NCC.CCN=C(C)C(C)(O)CC.CCN=C(C)C(O)(CC)CC.[Ho].[Ho].[Ho].[Ho].[Ho].[Ho].[Ho].[Ho].[Ho]. The van der Waals surface area contributed by atoms with Gasteiger partial charge in [0, 0.05) is 450 Å². The van der Waals surface area contributed by atoms with Crippen molar-refractivity contribution in [3.8, 4) is 0 Å². The van der Waals surface area contributed by atoms with E-state index in [-0.39, 0.29) is 358 Å². The monoisotopic (exact) mass is 2900 g/mol. The van der Waals surface area contributed by atoms with E-state index in [4.69, 9.17) is 0 Å². The molecule has 693 valence electrons. The molecule has 0 aromatic heterocycles. The Morgan fingerprint density at radius 2 is 0.398 bits per heavy atom. The predicted octanol–water partition coefficient (Wildman–Crippen LogP) is 18.2. The van der Waals surface area contributed by atoms with Crippen LogP contribution < -0.4 is 0 Å². The van der Waals surface area contributed by atoms with Crippen LogP contribution in [0.3, 0.4) is 0 Å². The van der Waals surface area contributed by atoms with Crippen LogP contribution in [0.5, 0.6) is 0 Å². The molecule has 108 heavy (non-hydrogen) atoms. The van der Waals surface area contributed by atoms with Gasteiger partial charge in [0.05, 0.1) is 16.8 Å². The molecule has 0 fully saturated rings. The zero-order chi connectivity index (χ0) is 80.6. The van der Waals surface area contributed by atoms with Crippen molar-refractivity contribution in [1.82, 2.24) is 0 Å². The molecule has 0 spiro atoms. The number of hydrogen-bond donors (Lipinski definition) is 9. The normalized spacial score (nSPS) is 15.4. The first-order valence-corrected chi connectivity index (χ1v) is 38.3. The summed E-state index contributed by atoms with van der Waals surface area (Å²) >= 11 is 0. The molecular weight excluding hydrogens is 2730 g/mol. The van der Waals surface area contributed by atoms with Gasteiger partial charge < -0.3 is 46.0 Å². The van der Waals surface area contributed by atoms with Gasteiger partial charge in [-0.3, -0.25) is 44.9 Å². The molecule has 6 unspecified atom stereocenters. The standard InChI is InChI=1S/C11H23NO.2C10H21NO.3C9H19NO.2C8H17NO.C7H15NO.9Ho/c1-6-8-11(13,7-2)10(5)12-9(3)4;1-6-10(12,7-2)9(5)11-8(3)4;1-5-8-10(12,6-2)9(4)11-7-3;1-6-9(5,11)8(4)10-7(2)3;1-5-7-9(11,6-2)8(3)10-4;1-5-9(11,6-2)8(4)10-7-3;1-5-8(10,6-2)7(3)9-4;1-5-8(4,10)7(3)9-6-2;1-5-7(3,9)6(2)8-4;;;;;;;;;/h9,13H,6-8H2,1-5H3;8,12H,6-7H2,1-5H3;12H,5-8H2,1-4H3;7,11H,6H2,1-5H3;2*11H,5-7H2,1-4H3;2*10H,5-6H2,1-4H3;9H,5H2,1-4H3;;;;;;;;;. The van der Waals surface area contributed by atoms with Crippen molar-refractivity contribution in [2.75, 3.05) is 40.8 Å². The minimum atomic E-state index is -0.718. The van der Waals surface area contributed by atoms with Crippen LogP contribution >= 0.6 is 0 Å². The summed E-state index contributed by atoms with van der Waals surface area (Å²) < 4.78 is 0. The summed E-state index contributed by atoms with van der Waals surface area (Å²) in [4.78, 5) is 37.5. The molecular formula is C81H171Ho9N9O9. The van der Waals surface area contributed by atoms with Crippen LogP contribution in [0, 0.1) is 340 Å². The van der Waals surface area contributed by atoms with Crippen LogP contribution in [-0.4, -0.2) is 207 Å². The summed E-state index contributed by atoms with van der Waals surface area (Å²) in [5.74, 6) is 0. The number of aliphatic hydroxyl groups is 9. The van der Waals surface area contributed by atoms with E-state index in [1.165, 1.54) is 0 Å². The molecule has 0 saturated carbocycles. The molecule has 6 atom stereocenters. The Balaban J connectivity index is -0.0000000523. The number of hydrogen-bond acceptors (Lipinski definition) is 18. The van der Waals surface area contributed by atoms with E-state index in [1.807, 2.05) is 208 Å². The Labute approximate surface area is 938 Å². The van der Waals surface area contributed by atoms with E-state index in [0.717, 1.165) is 187 Å². The molecule has 0 saturated heterocycles. The van der Waals surface area contributed by atoms with Crippen molar-refractivity contribution in [2.24, 2.45) is 44.9 Å². The van der Waals surface area contributed by atoms with Gasteiger partial charge in [-0.15, -0.1) is 0 Å². The second kappa shape index (κ2) is 91.2. The molecule has 27 heteroatoms. The number of nitrogens with zero attached hydrogens (tertiary/aromatic N) is 9. The third-order valence-corrected chi connectivity index (χ3v) is 19.2. The van der Waals surface area contributed by atoms with Gasteiger partial charge in [0.1, 0.15) is 33.6 Å². The maximum absolute atomic E-state index is 10.2.